The van der Waals surface area contributed by atoms with Crippen LogP contribution in [-0.2, 0) is 16.0 Å². The van der Waals surface area contributed by atoms with Gasteiger partial charge in [0, 0.05) is 6.08 Å². The maximum atomic E-state index is 11.5. The van der Waals surface area contributed by atoms with Crippen LogP contribution in [-0.4, -0.2) is 11.8 Å². The lowest BCUT2D eigenvalue weighted by Crippen LogP contribution is -2.22. The average Bonchev–Trinajstić information content (AvgIpc) is 2.58. The van der Waals surface area contributed by atoms with Crippen LogP contribution in [0, 0.1) is 6.92 Å². The molecule has 1 aromatic rings. The van der Waals surface area contributed by atoms with Gasteiger partial charge in [0.2, 0.25) is 0 Å². The first-order chi connectivity index (χ1) is 7.63. The van der Waals surface area contributed by atoms with Crippen LogP contribution in [0.2, 0.25) is 0 Å². The molecule has 0 atom stereocenters. The zero-order valence-electron chi connectivity index (χ0n) is 9.33. The molecule has 1 heterocycles. The van der Waals surface area contributed by atoms with E-state index in [0.717, 1.165) is 17.5 Å². The van der Waals surface area contributed by atoms with Crippen molar-refractivity contribution in [3.8, 4) is 0 Å². The van der Waals surface area contributed by atoms with Crippen molar-refractivity contribution in [2.45, 2.75) is 20.3 Å². The Bertz CT molecular complexity index is 501. The van der Waals surface area contributed by atoms with E-state index in [0.29, 0.717) is 5.57 Å². The normalized spacial score (nSPS) is 15.0. The molecule has 0 spiro atoms. The van der Waals surface area contributed by atoms with Crippen molar-refractivity contribution in [3.63, 3.8) is 0 Å². The second-order valence-electron chi connectivity index (χ2n) is 3.82. The van der Waals surface area contributed by atoms with Gasteiger partial charge in [-0.15, -0.1) is 0 Å². The van der Waals surface area contributed by atoms with Crippen LogP contribution >= 0.6 is 0 Å². The summed E-state index contributed by atoms with van der Waals surface area (Å²) in [6.45, 7) is 4.05. The van der Waals surface area contributed by atoms with E-state index in [9.17, 15) is 9.59 Å². The standard InChI is InChI=1S/C13H13NO2/c1-3-9-5-4-6-10(8(9)2)11-7-12(15)14-13(11)16/h4-7H,3H2,1-2H3,(H,14,15,16). The van der Waals surface area contributed by atoms with Crippen molar-refractivity contribution in [1.29, 1.82) is 0 Å². The van der Waals surface area contributed by atoms with Crippen molar-refractivity contribution >= 4 is 17.4 Å². The van der Waals surface area contributed by atoms with Gasteiger partial charge in [0.05, 0.1) is 5.57 Å². The van der Waals surface area contributed by atoms with Crippen molar-refractivity contribution in [1.82, 2.24) is 5.32 Å². The fraction of sp³-hybridized carbons (Fsp3) is 0.231. The highest BCUT2D eigenvalue weighted by Gasteiger charge is 2.23. The predicted molar refractivity (Wildman–Crippen MR) is 61.7 cm³/mol. The van der Waals surface area contributed by atoms with E-state index in [4.69, 9.17) is 0 Å². The fourth-order valence-corrected chi connectivity index (χ4v) is 1.97. The number of benzene rings is 1. The molecule has 0 bridgehead atoms. The zero-order chi connectivity index (χ0) is 11.7. The van der Waals surface area contributed by atoms with Gasteiger partial charge in [-0.3, -0.25) is 14.9 Å². The monoisotopic (exact) mass is 215 g/mol. The van der Waals surface area contributed by atoms with Crippen LogP contribution in [0.25, 0.3) is 5.57 Å². The topological polar surface area (TPSA) is 46.2 Å². The van der Waals surface area contributed by atoms with Gasteiger partial charge in [0.25, 0.3) is 11.8 Å². The molecule has 1 N–H and O–H groups in total. The molecule has 1 aromatic carbocycles. The highest BCUT2D eigenvalue weighted by molar-refractivity contribution is 6.33. The number of amides is 2. The highest BCUT2D eigenvalue weighted by Crippen LogP contribution is 2.24. The van der Waals surface area contributed by atoms with E-state index in [1.54, 1.807) is 0 Å². The van der Waals surface area contributed by atoms with Crippen LogP contribution in [0.5, 0.6) is 0 Å². The molecule has 0 radical (unpaired) electrons. The third kappa shape index (κ3) is 1.65. The Hall–Kier alpha value is -1.90. The summed E-state index contributed by atoms with van der Waals surface area (Å²) in [6, 6.07) is 5.82. The number of aryl methyl sites for hydroxylation is 1. The van der Waals surface area contributed by atoms with Crippen LogP contribution < -0.4 is 5.32 Å². The lowest BCUT2D eigenvalue weighted by molar-refractivity contribution is -0.123. The number of hydrogen-bond donors (Lipinski definition) is 1. The lowest BCUT2D eigenvalue weighted by Gasteiger charge is -2.09. The largest absolute Gasteiger partial charge is 0.289 e. The van der Waals surface area contributed by atoms with E-state index < -0.39 is 0 Å². The molecule has 3 nitrogen and oxygen atoms in total. The first-order valence-corrected chi connectivity index (χ1v) is 5.29. The SMILES string of the molecule is CCc1cccc(C2=CC(=O)NC2=O)c1C. The molecule has 82 valence electrons. The molecule has 0 fully saturated rings. The summed E-state index contributed by atoms with van der Waals surface area (Å²) in [5.74, 6) is -0.636. The Morgan fingerprint density at radius 2 is 2.00 bits per heavy atom. The summed E-state index contributed by atoms with van der Waals surface area (Å²) in [7, 11) is 0. The molecule has 0 saturated heterocycles. The molecule has 16 heavy (non-hydrogen) atoms. The molecule has 0 aliphatic carbocycles. The minimum absolute atomic E-state index is 0.304. The molecule has 1 aliphatic rings. The minimum Gasteiger partial charge on any atom is -0.289 e. The number of hydrogen-bond acceptors (Lipinski definition) is 2. The number of carbonyl (C=O) groups excluding carboxylic acids is 2. The van der Waals surface area contributed by atoms with Crippen molar-refractivity contribution in [3.05, 3.63) is 41.0 Å². The van der Waals surface area contributed by atoms with E-state index in [1.165, 1.54) is 11.6 Å². The van der Waals surface area contributed by atoms with Gasteiger partial charge in [0.15, 0.2) is 0 Å². The van der Waals surface area contributed by atoms with Gasteiger partial charge >= 0.3 is 0 Å². The summed E-state index contributed by atoms with van der Waals surface area (Å²) in [4.78, 5) is 22.6. The maximum Gasteiger partial charge on any atom is 0.258 e. The van der Waals surface area contributed by atoms with Crippen LogP contribution in [0.4, 0.5) is 0 Å². The summed E-state index contributed by atoms with van der Waals surface area (Å²) in [6.07, 6.45) is 2.28. The molecule has 2 rings (SSSR count). The fourth-order valence-electron chi connectivity index (χ4n) is 1.97. The van der Waals surface area contributed by atoms with Crippen LogP contribution in [0.3, 0.4) is 0 Å². The number of nitrogens with one attached hydrogen (secondary N) is 1. The molecule has 2 amide bonds. The minimum atomic E-state index is -0.332. The van der Waals surface area contributed by atoms with E-state index >= 15 is 0 Å². The highest BCUT2D eigenvalue weighted by atomic mass is 16.2. The predicted octanol–water partition coefficient (Wildman–Crippen LogP) is 1.60. The van der Waals surface area contributed by atoms with Gasteiger partial charge in [-0.1, -0.05) is 25.1 Å². The number of imide groups is 1. The molecule has 0 aromatic heterocycles. The van der Waals surface area contributed by atoms with Crippen LogP contribution in [0.1, 0.15) is 23.6 Å². The summed E-state index contributed by atoms with van der Waals surface area (Å²) in [5.41, 5.74) is 3.59. The Morgan fingerprint density at radius 3 is 2.56 bits per heavy atom. The van der Waals surface area contributed by atoms with Gasteiger partial charge in [-0.2, -0.15) is 0 Å². The van der Waals surface area contributed by atoms with E-state index in [2.05, 4.69) is 12.2 Å². The van der Waals surface area contributed by atoms with Crippen LogP contribution in [0.15, 0.2) is 24.3 Å². The van der Waals surface area contributed by atoms with Gasteiger partial charge in [-0.25, -0.2) is 0 Å². The average molecular weight is 215 g/mol. The van der Waals surface area contributed by atoms with Crippen molar-refractivity contribution in [2.75, 3.05) is 0 Å². The number of carbonyl (C=O) groups is 2. The van der Waals surface area contributed by atoms with E-state index in [1.807, 2.05) is 25.1 Å². The summed E-state index contributed by atoms with van der Waals surface area (Å²) in [5, 5.41) is 2.26. The molecular weight excluding hydrogens is 202 g/mol. The quantitative estimate of drug-likeness (QED) is 0.761. The summed E-state index contributed by atoms with van der Waals surface area (Å²) >= 11 is 0. The zero-order valence-corrected chi connectivity index (χ0v) is 9.33. The van der Waals surface area contributed by atoms with Crippen molar-refractivity contribution in [2.24, 2.45) is 0 Å². The third-order valence-electron chi connectivity index (χ3n) is 2.87. The Morgan fingerprint density at radius 1 is 1.25 bits per heavy atom. The Balaban J connectivity index is 2.53. The van der Waals surface area contributed by atoms with E-state index in [-0.39, 0.29) is 11.8 Å². The first kappa shape index (κ1) is 10.6. The number of rotatable bonds is 2. The van der Waals surface area contributed by atoms with Crippen molar-refractivity contribution < 1.29 is 9.59 Å². The summed E-state index contributed by atoms with van der Waals surface area (Å²) < 4.78 is 0. The smallest absolute Gasteiger partial charge is 0.258 e. The van der Waals surface area contributed by atoms with Gasteiger partial charge < -0.3 is 0 Å². The second kappa shape index (κ2) is 3.93. The Kier molecular flexibility index (Phi) is 2.60. The maximum absolute atomic E-state index is 11.5. The van der Waals surface area contributed by atoms with Gasteiger partial charge in [-0.05, 0) is 30.0 Å². The molecular formula is C13H13NO2. The second-order valence-corrected chi connectivity index (χ2v) is 3.82. The molecule has 3 heteroatoms. The van der Waals surface area contributed by atoms with Gasteiger partial charge in [0.1, 0.15) is 0 Å². The molecule has 1 aliphatic heterocycles. The Labute approximate surface area is 94.2 Å². The molecule has 0 unspecified atom stereocenters. The lowest BCUT2D eigenvalue weighted by atomic mass is 9.95. The first-order valence-electron chi connectivity index (χ1n) is 5.29. The third-order valence-corrected chi connectivity index (χ3v) is 2.87. The molecule has 0 saturated carbocycles.